The van der Waals surface area contributed by atoms with E-state index < -0.39 is 0 Å². The zero-order valence-corrected chi connectivity index (χ0v) is 17.3. The second kappa shape index (κ2) is 7.99. The number of fused-ring (bicyclic) bond motifs is 2. The Kier molecular flexibility index (Phi) is 5.04. The normalized spacial score (nSPS) is 16.9. The molecule has 1 amide bonds. The molecule has 0 saturated carbocycles. The number of nitrogens with zero attached hydrogens (tertiary/aromatic N) is 4. The molecule has 4 aromatic rings. The molecule has 0 bridgehead atoms. The van der Waals surface area contributed by atoms with Crippen molar-refractivity contribution in [2.75, 3.05) is 6.54 Å². The van der Waals surface area contributed by atoms with Gasteiger partial charge in [0.15, 0.2) is 0 Å². The number of hydrogen-bond acceptors (Lipinski definition) is 5. The third kappa shape index (κ3) is 3.50. The molecular weight excluding hydrogens is 396 g/mol. The average Bonchev–Trinajstić information content (AvgIpc) is 3.23. The van der Waals surface area contributed by atoms with E-state index in [1.54, 1.807) is 22.1 Å². The lowest BCUT2D eigenvalue weighted by atomic mass is 10.0. The molecule has 1 unspecified atom stereocenters. The van der Waals surface area contributed by atoms with Crippen molar-refractivity contribution in [3.8, 4) is 0 Å². The Morgan fingerprint density at radius 1 is 1.10 bits per heavy atom. The van der Waals surface area contributed by atoms with E-state index in [9.17, 15) is 9.59 Å². The number of benzene rings is 2. The summed E-state index contributed by atoms with van der Waals surface area (Å²) in [6.07, 6.45) is 4.76. The molecule has 7 heteroatoms. The van der Waals surface area contributed by atoms with Crippen LogP contribution in [0.3, 0.4) is 0 Å². The van der Waals surface area contributed by atoms with Gasteiger partial charge in [0.05, 0.1) is 34.5 Å². The lowest BCUT2D eigenvalue weighted by Gasteiger charge is -2.34. The van der Waals surface area contributed by atoms with Crippen molar-refractivity contribution in [2.24, 2.45) is 0 Å². The van der Waals surface area contributed by atoms with Crippen LogP contribution < -0.4 is 5.43 Å². The quantitative estimate of drug-likeness (QED) is 0.499. The Labute approximate surface area is 177 Å². The molecule has 1 saturated heterocycles. The van der Waals surface area contributed by atoms with Gasteiger partial charge in [0.1, 0.15) is 5.01 Å². The van der Waals surface area contributed by atoms with E-state index >= 15 is 0 Å². The monoisotopic (exact) mass is 418 g/mol. The largest absolute Gasteiger partial charge is 0.333 e. The summed E-state index contributed by atoms with van der Waals surface area (Å²) in [4.78, 5) is 32.0. The van der Waals surface area contributed by atoms with Crippen LogP contribution in [0.15, 0.2) is 59.5 Å². The highest BCUT2D eigenvalue weighted by molar-refractivity contribution is 7.18. The standard InChI is InChI=1S/C23H22N4O2S/c28-20-15-24-27(18-9-3-1-7-16(18)20)14-12-22(29)26-13-6-5-10-19(26)23-25-17-8-2-4-11-21(17)30-23/h1-4,7-9,11,15,19H,5-6,10,12-14H2. The van der Waals surface area contributed by atoms with Crippen molar-refractivity contribution in [2.45, 2.75) is 38.3 Å². The highest BCUT2D eigenvalue weighted by Crippen LogP contribution is 2.36. The van der Waals surface area contributed by atoms with Crippen molar-refractivity contribution in [1.82, 2.24) is 19.7 Å². The maximum absolute atomic E-state index is 13.2. The zero-order valence-electron chi connectivity index (χ0n) is 16.5. The number of carbonyl (C=O) groups is 1. The molecule has 1 fully saturated rings. The Morgan fingerprint density at radius 3 is 2.83 bits per heavy atom. The number of piperidine rings is 1. The predicted octanol–water partition coefficient (Wildman–Crippen LogP) is 4.15. The summed E-state index contributed by atoms with van der Waals surface area (Å²) >= 11 is 1.69. The Hall–Kier alpha value is -3.06. The van der Waals surface area contributed by atoms with E-state index in [2.05, 4.69) is 11.2 Å². The molecule has 0 radical (unpaired) electrons. The number of hydrogen-bond donors (Lipinski definition) is 0. The van der Waals surface area contributed by atoms with Gasteiger partial charge in [-0.1, -0.05) is 24.3 Å². The predicted molar refractivity (Wildman–Crippen MR) is 119 cm³/mol. The van der Waals surface area contributed by atoms with E-state index in [1.165, 1.54) is 6.20 Å². The highest BCUT2D eigenvalue weighted by Gasteiger charge is 2.30. The molecule has 2 aromatic carbocycles. The molecule has 1 aliphatic heterocycles. The van der Waals surface area contributed by atoms with Crippen LogP contribution in [0.1, 0.15) is 36.7 Å². The van der Waals surface area contributed by atoms with Crippen molar-refractivity contribution in [3.63, 3.8) is 0 Å². The first-order valence-corrected chi connectivity index (χ1v) is 11.1. The molecule has 0 N–H and O–H groups in total. The van der Waals surface area contributed by atoms with E-state index in [0.717, 1.165) is 46.5 Å². The van der Waals surface area contributed by atoms with Crippen LogP contribution >= 0.6 is 11.3 Å². The molecule has 152 valence electrons. The molecular formula is C23H22N4O2S. The van der Waals surface area contributed by atoms with Gasteiger partial charge in [-0.3, -0.25) is 14.3 Å². The average molecular weight is 419 g/mol. The van der Waals surface area contributed by atoms with E-state index in [-0.39, 0.29) is 17.4 Å². The number of thiazole rings is 1. The van der Waals surface area contributed by atoms with Gasteiger partial charge in [-0.25, -0.2) is 4.98 Å². The fourth-order valence-corrected chi connectivity index (χ4v) is 5.32. The number of aryl methyl sites for hydroxylation is 1. The minimum Gasteiger partial charge on any atom is -0.333 e. The first-order chi connectivity index (χ1) is 14.7. The minimum atomic E-state index is -0.0971. The Morgan fingerprint density at radius 2 is 1.93 bits per heavy atom. The lowest BCUT2D eigenvalue weighted by molar-refractivity contribution is -0.135. The molecule has 6 nitrogen and oxygen atoms in total. The van der Waals surface area contributed by atoms with Gasteiger partial charge in [-0.2, -0.15) is 5.10 Å². The maximum atomic E-state index is 13.2. The number of rotatable bonds is 4. The van der Waals surface area contributed by atoms with Crippen LogP contribution in [0.4, 0.5) is 0 Å². The third-order valence-electron chi connectivity index (χ3n) is 5.72. The molecule has 2 aromatic heterocycles. The summed E-state index contributed by atoms with van der Waals surface area (Å²) in [5.41, 5.74) is 1.67. The van der Waals surface area contributed by atoms with Gasteiger partial charge in [0, 0.05) is 18.4 Å². The number of aromatic nitrogens is 3. The summed E-state index contributed by atoms with van der Waals surface area (Å²) in [5, 5.41) is 5.91. The summed E-state index contributed by atoms with van der Waals surface area (Å²) in [5.74, 6) is 0.114. The van der Waals surface area contributed by atoms with Crippen molar-refractivity contribution in [3.05, 3.63) is 70.0 Å². The summed E-state index contributed by atoms with van der Waals surface area (Å²) in [6, 6.07) is 15.6. The van der Waals surface area contributed by atoms with Gasteiger partial charge >= 0.3 is 0 Å². The van der Waals surface area contributed by atoms with Crippen molar-refractivity contribution >= 4 is 38.4 Å². The van der Waals surface area contributed by atoms with Gasteiger partial charge < -0.3 is 4.90 Å². The maximum Gasteiger partial charge on any atom is 0.225 e. The van der Waals surface area contributed by atoms with E-state index in [4.69, 9.17) is 4.98 Å². The molecule has 1 atom stereocenters. The SMILES string of the molecule is O=C(CCn1ncc(=O)c2ccccc21)N1CCCCC1c1nc2ccccc2s1. The van der Waals surface area contributed by atoms with Gasteiger partial charge in [0.25, 0.3) is 0 Å². The Balaban J connectivity index is 1.37. The number of amides is 1. The molecule has 1 aliphatic rings. The summed E-state index contributed by atoms with van der Waals surface area (Å²) in [6.45, 7) is 1.21. The first-order valence-electron chi connectivity index (χ1n) is 10.3. The van der Waals surface area contributed by atoms with Gasteiger partial charge in [-0.15, -0.1) is 11.3 Å². The molecule has 0 aliphatic carbocycles. The summed E-state index contributed by atoms with van der Waals surface area (Å²) < 4.78 is 2.92. The van der Waals surface area contributed by atoms with Crippen LogP contribution in [0.2, 0.25) is 0 Å². The van der Waals surface area contributed by atoms with Crippen LogP contribution in [0.5, 0.6) is 0 Å². The van der Waals surface area contributed by atoms with Gasteiger partial charge in [0.2, 0.25) is 11.3 Å². The van der Waals surface area contributed by atoms with Gasteiger partial charge in [-0.05, 0) is 43.5 Å². The van der Waals surface area contributed by atoms with Crippen molar-refractivity contribution < 1.29 is 4.79 Å². The fourth-order valence-electron chi connectivity index (χ4n) is 4.20. The van der Waals surface area contributed by atoms with E-state index in [0.29, 0.717) is 18.4 Å². The second-order valence-corrected chi connectivity index (χ2v) is 8.68. The molecule has 3 heterocycles. The molecule has 0 spiro atoms. The van der Waals surface area contributed by atoms with Crippen LogP contribution in [-0.4, -0.2) is 32.1 Å². The first kappa shape index (κ1) is 18.9. The number of carbonyl (C=O) groups excluding carboxylic acids is 1. The molecule has 5 rings (SSSR count). The zero-order chi connectivity index (χ0) is 20.5. The van der Waals surface area contributed by atoms with E-state index in [1.807, 2.05) is 41.3 Å². The van der Waals surface area contributed by atoms with Crippen LogP contribution in [0, 0.1) is 0 Å². The minimum absolute atomic E-state index is 0.0439. The van der Waals surface area contributed by atoms with Crippen LogP contribution in [-0.2, 0) is 11.3 Å². The Bertz CT molecular complexity index is 1250. The second-order valence-electron chi connectivity index (χ2n) is 7.62. The highest BCUT2D eigenvalue weighted by atomic mass is 32.1. The smallest absolute Gasteiger partial charge is 0.225 e. The topological polar surface area (TPSA) is 68.1 Å². The lowest BCUT2D eigenvalue weighted by Crippen LogP contribution is -2.39. The number of likely N-dealkylation sites (tertiary alicyclic amines) is 1. The van der Waals surface area contributed by atoms with Crippen LogP contribution in [0.25, 0.3) is 21.1 Å². The number of para-hydroxylation sites is 2. The van der Waals surface area contributed by atoms with Crippen molar-refractivity contribution in [1.29, 1.82) is 0 Å². The fraction of sp³-hybridized carbons (Fsp3) is 0.304. The molecule has 30 heavy (non-hydrogen) atoms. The third-order valence-corrected chi connectivity index (χ3v) is 6.86. The summed E-state index contributed by atoms with van der Waals surface area (Å²) in [7, 11) is 0.